The molecule has 1 aliphatic rings. The van der Waals surface area contributed by atoms with Crippen LogP contribution in [0.25, 0.3) is 0 Å². The van der Waals surface area contributed by atoms with Crippen molar-refractivity contribution in [3.8, 4) is 5.75 Å². The Bertz CT molecular complexity index is 696. The molecular weight excluding hydrogens is 344 g/mol. The number of nitrogens with zero attached hydrogens (tertiary/aromatic N) is 1. The molecule has 152 valence electrons. The van der Waals surface area contributed by atoms with Crippen molar-refractivity contribution in [3.05, 3.63) is 59.2 Å². The molecule has 0 bridgehead atoms. The Hall–Kier alpha value is -2.00. The molecule has 0 atom stereocenters. The summed E-state index contributed by atoms with van der Waals surface area (Å²) >= 11 is 0. The van der Waals surface area contributed by atoms with Crippen LogP contribution in [-0.4, -0.2) is 38.2 Å². The van der Waals surface area contributed by atoms with Crippen molar-refractivity contribution in [1.82, 2.24) is 4.90 Å². The molecule has 0 amide bonds. The van der Waals surface area contributed by atoms with E-state index in [1.165, 1.54) is 61.3 Å². The van der Waals surface area contributed by atoms with Gasteiger partial charge < -0.3 is 15.0 Å². The summed E-state index contributed by atoms with van der Waals surface area (Å²) in [5.41, 5.74) is 5.73. The van der Waals surface area contributed by atoms with E-state index >= 15 is 0 Å². The maximum atomic E-state index is 5.28. The maximum absolute atomic E-state index is 5.28. The fourth-order valence-corrected chi connectivity index (χ4v) is 4.35. The van der Waals surface area contributed by atoms with Crippen LogP contribution in [0.5, 0.6) is 5.75 Å². The minimum Gasteiger partial charge on any atom is -0.497 e. The Labute approximate surface area is 171 Å². The van der Waals surface area contributed by atoms with Crippen LogP contribution in [0.15, 0.2) is 42.5 Å². The molecule has 1 heterocycles. The summed E-state index contributed by atoms with van der Waals surface area (Å²) in [5, 5.41) is 3.73. The molecule has 0 spiro atoms. The van der Waals surface area contributed by atoms with Gasteiger partial charge in [-0.15, -0.1) is 0 Å². The van der Waals surface area contributed by atoms with Crippen molar-refractivity contribution in [2.24, 2.45) is 0 Å². The lowest BCUT2D eigenvalue weighted by atomic mass is 9.89. The van der Waals surface area contributed by atoms with Crippen LogP contribution in [0, 0.1) is 0 Å². The molecule has 1 aliphatic heterocycles. The first-order valence-corrected chi connectivity index (χ1v) is 11.0. The lowest BCUT2D eigenvalue weighted by molar-refractivity contribution is 0.212. The number of rotatable bonds is 9. The molecule has 0 radical (unpaired) electrons. The second-order valence-corrected chi connectivity index (χ2v) is 7.83. The van der Waals surface area contributed by atoms with E-state index in [1.54, 1.807) is 7.11 Å². The van der Waals surface area contributed by atoms with Gasteiger partial charge in [0.2, 0.25) is 0 Å². The second kappa shape index (κ2) is 10.5. The van der Waals surface area contributed by atoms with Crippen molar-refractivity contribution in [3.63, 3.8) is 0 Å². The number of piperidine rings is 1. The van der Waals surface area contributed by atoms with Crippen molar-refractivity contribution < 1.29 is 4.74 Å². The molecule has 1 fully saturated rings. The number of benzene rings is 2. The normalized spacial score (nSPS) is 15.5. The summed E-state index contributed by atoms with van der Waals surface area (Å²) in [5.74, 6) is 1.65. The van der Waals surface area contributed by atoms with Gasteiger partial charge in [-0.3, -0.25) is 0 Å². The van der Waals surface area contributed by atoms with Crippen LogP contribution in [0.2, 0.25) is 0 Å². The second-order valence-electron chi connectivity index (χ2n) is 7.83. The van der Waals surface area contributed by atoms with Crippen LogP contribution >= 0.6 is 0 Å². The molecule has 1 N–H and O–H groups in total. The van der Waals surface area contributed by atoms with Crippen LogP contribution in [0.1, 0.15) is 55.7 Å². The van der Waals surface area contributed by atoms with Crippen molar-refractivity contribution in [2.75, 3.05) is 38.6 Å². The molecule has 3 rings (SSSR count). The molecule has 28 heavy (non-hydrogen) atoms. The maximum Gasteiger partial charge on any atom is 0.118 e. The summed E-state index contributed by atoms with van der Waals surface area (Å²) < 4.78 is 5.28. The van der Waals surface area contributed by atoms with Crippen molar-refractivity contribution >= 4 is 5.69 Å². The first-order chi connectivity index (χ1) is 13.7. The highest BCUT2D eigenvalue weighted by Crippen LogP contribution is 2.29. The fraction of sp³-hybridized carbons (Fsp3) is 0.520. The topological polar surface area (TPSA) is 24.5 Å². The third-order valence-electron chi connectivity index (χ3n) is 6.13. The van der Waals surface area contributed by atoms with E-state index in [2.05, 4.69) is 66.5 Å². The largest absolute Gasteiger partial charge is 0.497 e. The Morgan fingerprint density at radius 3 is 2.18 bits per heavy atom. The highest BCUT2D eigenvalue weighted by Gasteiger charge is 2.20. The minimum absolute atomic E-state index is 0.698. The van der Waals surface area contributed by atoms with E-state index in [4.69, 9.17) is 4.74 Å². The molecule has 2 aromatic rings. The average Bonchev–Trinajstić information content (AvgIpc) is 2.77. The van der Waals surface area contributed by atoms with Gasteiger partial charge in [0.1, 0.15) is 5.75 Å². The standard InChI is InChI=1S/C25H36N2O/c1-4-20-8-6-9-21(5-2)25(20)26-16-7-17-27-18-14-23(15-19-27)22-10-12-24(28-3)13-11-22/h6,8-13,23,26H,4-5,7,14-19H2,1-3H3. The van der Waals surface area contributed by atoms with Crippen LogP contribution in [0.3, 0.4) is 0 Å². The summed E-state index contributed by atoms with van der Waals surface area (Å²) in [6, 6.07) is 15.4. The Morgan fingerprint density at radius 1 is 0.964 bits per heavy atom. The lowest BCUT2D eigenvalue weighted by Gasteiger charge is -2.32. The van der Waals surface area contributed by atoms with Gasteiger partial charge in [0.15, 0.2) is 0 Å². The minimum atomic E-state index is 0.698. The number of nitrogens with one attached hydrogen (secondary N) is 1. The van der Waals surface area contributed by atoms with Crippen LogP contribution in [0.4, 0.5) is 5.69 Å². The Balaban J connectivity index is 1.41. The van der Waals surface area contributed by atoms with Crippen molar-refractivity contribution in [1.29, 1.82) is 0 Å². The number of ether oxygens (including phenoxy) is 1. The summed E-state index contributed by atoms with van der Waals surface area (Å²) in [4.78, 5) is 2.63. The number of likely N-dealkylation sites (tertiary alicyclic amines) is 1. The van der Waals surface area contributed by atoms with Gasteiger partial charge in [-0.25, -0.2) is 0 Å². The first-order valence-electron chi connectivity index (χ1n) is 11.0. The van der Waals surface area contributed by atoms with Gasteiger partial charge in [0, 0.05) is 12.2 Å². The van der Waals surface area contributed by atoms with Crippen molar-refractivity contribution in [2.45, 2.75) is 51.9 Å². The van der Waals surface area contributed by atoms with Gasteiger partial charge >= 0.3 is 0 Å². The summed E-state index contributed by atoms with van der Waals surface area (Å²) in [6.45, 7) is 9.16. The van der Waals surface area contributed by atoms with E-state index in [0.717, 1.165) is 25.1 Å². The van der Waals surface area contributed by atoms with E-state index < -0.39 is 0 Å². The zero-order valence-corrected chi connectivity index (χ0v) is 17.8. The molecular formula is C25H36N2O. The number of hydrogen-bond donors (Lipinski definition) is 1. The molecule has 0 aliphatic carbocycles. The van der Waals surface area contributed by atoms with Gasteiger partial charge in [0.25, 0.3) is 0 Å². The van der Waals surface area contributed by atoms with Gasteiger partial charge in [-0.1, -0.05) is 44.2 Å². The van der Waals surface area contributed by atoms with E-state index in [1.807, 2.05) is 0 Å². The summed E-state index contributed by atoms with van der Waals surface area (Å²) in [7, 11) is 1.73. The predicted octanol–water partition coefficient (Wildman–Crippen LogP) is 5.50. The highest BCUT2D eigenvalue weighted by atomic mass is 16.5. The molecule has 0 aromatic heterocycles. The van der Waals surface area contributed by atoms with Crippen LogP contribution in [-0.2, 0) is 12.8 Å². The first kappa shape index (κ1) is 20.7. The monoisotopic (exact) mass is 380 g/mol. The molecule has 3 heteroatoms. The zero-order valence-electron chi connectivity index (χ0n) is 17.8. The molecule has 0 saturated carbocycles. The number of methoxy groups -OCH3 is 1. The molecule has 2 aromatic carbocycles. The highest BCUT2D eigenvalue weighted by molar-refractivity contribution is 5.57. The number of aryl methyl sites for hydroxylation is 2. The molecule has 1 saturated heterocycles. The SMILES string of the molecule is CCc1cccc(CC)c1NCCCN1CCC(c2ccc(OC)cc2)CC1. The number of hydrogen-bond acceptors (Lipinski definition) is 3. The van der Waals surface area contributed by atoms with E-state index in [-0.39, 0.29) is 0 Å². The third kappa shape index (κ3) is 5.29. The smallest absolute Gasteiger partial charge is 0.118 e. The molecule has 3 nitrogen and oxygen atoms in total. The van der Waals surface area contributed by atoms with E-state index in [0.29, 0.717) is 5.92 Å². The van der Waals surface area contributed by atoms with Gasteiger partial charge in [-0.05, 0) is 86.5 Å². The Kier molecular flexibility index (Phi) is 7.79. The van der Waals surface area contributed by atoms with Gasteiger partial charge in [0.05, 0.1) is 7.11 Å². The lowest BCUT2D eigenvalue weighted by Crippen LogP contribution is -2.34. The average molecular weight is 381 g/mol. The number of para-hydroxylation sites is 1. The Morgan fingerprint density at radius 2 is 1.61 bits per heavy atom. The number of anilines is 1. The summed E-state index contributed by atoms with van der Waals surface area (Å²) in [6.07, 6.45) is 5.91. The predicted molar refractivity (Wildman–Crippen MR) is 120 cm³/mol. The molecule has 0 unspecified atom stereocenters. The fourth-order valence-electron chi connectivity index (χ4n) is 4.35. The quantitative estimate of drug-likeness (QED) is 0.581. The van der Waals surface area contributed by atoms with Gasteiger partial charge in [-0.2, -0.15) is 0 Å². The third-order valence-corrected chi connectivity index (χ3v) is 6.13. The van der Waals surface area contributed by atoms with E-state index in [9.17, 15) is 0 Å². The zero-order chi connectivity index (χ0) is 19.8. The van der Waals surface area contributed by atoms with Crippen LogP contribution < -0.4 is 10.1 Å².